The Morgan fingerprint density at radius 3 is 2.18 bits per heavy atom. The smallest absolute Gasteiger partial charge is 0.339 e. The summed E-state index contributed by atoms with van der Waals surface area (Å²) in [6.45, 7) is 7.45. The summed E-state index contributed by atoms with van der Waals surface area (Å²) < 4.78 is 41.3. The molecule has 12 heteroatoms. The van der Waals surface area contributed by atoms with Crippen LogP contribution in [0.1, 0.15) is 11.1 Å². The van der Waals surface area contributed by atoms with Gasteiger partial charge in [0.2, 0.25) is 5.95 Å². The molecule has 2 aliphatic rings. The van der Waals surface area contributed by atoms with Crippen molar-refractivity contribution in [2.45, 2.75) is 11.8 Å². The highest BCUT2D eigenvalue weighted by Crippen LogP contribution is 2.23. The van der Waals surface area contributed by atoms with Gasteiger partial charge in [-0.05, 0) is 48.9 Å². The number of aromatic nitrogens is 2. The van der Waals surface area contributed by atoms with Gasteiger partial charge in [-0.2, -0.15) is 23.5 Å². The van der Waals surface area contributed by atoms with Crippen LogP contribution in [0.2, 0.25) is 0 Å². The van der Waals surface area contributed by atoms with Crippen molar-refractivity contribution in [1.82, 2.24) is 9.97 Å². The first kappa shape index (κ1) is 25.9. The molecule has 0 radical (unpaired) electrons. The van der Waals surface area contributed by atoms with Crippen molar-refractivity contribution in [1.29, 1.82) is 0 Å². The molecule has 2 saturated heterocycles. The Morgan fingerprint density at radius 2 is 1.53 bits per heavy atom. The first-order valence-corrected chi connectivity index (χ1v) is 13.8. The van der Waals surface area contributed by atoms with E-state index in [0.29, 0.717) is 38.2 Å². The van der Waals surface area contributed by atoms with E-state index in [-0.39, 0.29) is 10.6 Å². The fourth-order valence-corrected chi connectivity index (χ4v) is 4.93. The molecule has 0 aliphatic carbocycles. The maximum Gasteiger partial charge on any atom is 0.339 e. The van der Waals surface area contributed by atoms with Crippen molar-refractivity contribution in [3.63, 3.8) is 0 Å². The van der Waals surface area contributed by atoms with Crippen LogP contribution in [0.4, 0.5) is 17.6 Å². The fraction of sp³-hybridized carbons (Fsp3) is 0.346. The molecule has 0 bridgehead atoms. The molecule has 0 unspecified atom stereocenters. The van der Waals surface area contributed by atoms with Crippen LogP contribution in [0.25, 0.3) is 0 Å². The van der Waals surface area contributed by atoms with E-state index < -0.39 is 10.1 Å². The van der Waals surface area contributed by atoms with Gasteiger partial charge < -0.3 is 23.5 Å². The minimum atomic E-state index is -3.91. The van der Waals surface area contributed by atoms with Crippen molar-refractivity contribution < 1.29 is 22.1 Å². The maximum absolute atomic E-state index is 12.5. The fourth-order valence-electron chi connectivity index (χ4n) is 4.00. The highest BCUT2D eigenvalue weighted by molar-refractivity contribution is 7.87. The Kier molecular flexibility index (Phi) is 8.01. The molecule has 0 spiro atoms. The van der Waals surface area contributed by atoms with E-state index in [1.807, 2.05) is 13.0 Å². The Balaban J connectivity index is 1.26. The molecule has 1 N–H and O–H groups in total. The number of nitrogens with one attached hydrogen (secondary N) is 1. The summed E-state index contributed by atoms with van der Waals surface area (Å²) in [5.74, 6) is 2.24. The van der Waals surface area contributed by atoms with Crippen molar-refractivity contribution in [3.8, 4) is 5.75 Å². The molecule has 5 rings (SSSR count). The molecule has 3 aromatic rings. The van der Waals surface area contributed by atoms with Gasteiger partial charge in [0.15, 0.2) is 5.82 Å². The number of hydrazone groups is 1. The molecular weight excluding hydrogens is 508 g/mol. The minimum absolute atomic E-state index is 0.107. The second-order valence-electron chi connectivity index (χ2n) is 8.90. The Labute approximate surface area is 222 Å². The monoisotopic (exact) mass is 538 g/mol. The zero-order valence-electron chi connectivity index (χ0n) is 21.1. The summed E-state index contributed by atoms with van der Waals surface area (Å²) in [6.07, 6.45) is 1.63. The number of nitrogens with zero attached hydrogens (tertiary/aromatic N) is 5. The van der Waals surface area contributed by atoms with E-state index in [0.717, 1.165) is 43.1 Å². The lowest BCUT2D eigenvalue weighted by Crippen LogP contribution is -2.39. The summed E-state index contributed by atoms with van der Waals surface area (Å²) in [4.78, 5) is 13.8. The largest absolute Gasteiger partial charge is 0.379 e. The van der Waals surface area contributed by atoms with E-state index in [9.17, 15) is 8.42 Å². The highest BCUT2D eigenvalue weighted by atomic mass is 32.2. The number of anilines is 3. The van der Waals surface area contributed by atoms with E-state index in [1.54, 1.807) is 42.6 Å². The zero-order valence-corrected chi connectivity index (χ0v) is 21.9. The Bertz CT molecular complexity index is 1320. The van der Waals surface area contributed by atoms with E-state index in [1.165, 1.54) is 12.1 Å². The summed E-state index contributed by atoms with van der Waals surface area (Å²) in [7, 11) is -3.91. The second kappa shape index (κ2) is 11.8. The van der Waals surface area contributed by atoms with Gasteiger partial charge >= 0.3 is 10.1 Å². The molecule has 0 amide bonds. The lowest BCUT2D eigenvalue weighted by atomic mass is 10.2. The van der Waals surface area contributed by atoms with Gasteiger partial charge in [0.1, 0.15) is 16.5 Å². The van der Waals surface area contributed by atoms with E-state index in [4.69, 9.17) is 18.6 Å². The van der Waals surface area contributed by atoms with Gasteiger partial charge in [-0.25, -0.2) is 0 Å². The van der Waals surface area contributed by atoms with Gasteiger partial charge in [-0.15, -0.1) is 0 Å². The van der Waals surface area contributed by atoms with Crippen LogP contribution in [0.3, 0.4) is 0 Å². The topological polar surface area (TPSA) is 118 Å². The summed E-state index contributed by atoms with van der Waals surface area (Å²) >= 11 is 0. The number of hydrogen-bond donors (Lipinski definition) is 1. The predicted molar refractivity (Wildman–Crippen MR) is 145 cm³/mol. The molecule has 1 aromatic heterocycles. The van der Waals surface area contributed by atoms with Gasteiger partial charge in [-0.3, -0.25) is 5.43 Å². The Hall–Kier alpha value is -3.74. The van der Waals surface area contributed by atoms with E-state index in [2.05, 4.69) is 25.3 Å². The van der Waals surface area contributed by atoms with Gasteiger partial charge in [0, 0.05) is 32.2 Å². The third-order valence-electron chi connectivity index (χ3n) is 6.12. The van der Waals surface area contributed by atoms with Crippen molar-refractivity contribution >= 4 is 33.9 Å². The lowest BCUT2D eigenvalue weighted by molar-refractivity contribution is 0.121. The van der Waals surface area contributed by atoms with Gasteiger partial charge in [-0.1, -0.05) is 17.7 Å². The molecule has 2 aromatic carbocycles. The molecule has 2 fully saturated rings. The minimum Gasteiger partial charge on any atom is -0.379 e. The van der Waals surface area contributed by atoms with Gasteiger partial charge in [0.25, 0.3) is 0 Å². The molecule has 0 saturated carbocycles. The molecule has 2 aliphatic heterocycles. The number of benzene rings is 2. The second-order valence-corrected chi connectivity index (χ2v) is 10.4. The van der Waals surface area contributed by atoms with Crippen LogP contribution in [-0.2, 0) is 19.6 Å². The predicted octanol–water partition coefficient (Wildman–Crippen LogP) is 2.67. The van der Waals surface area contributed by atoms with Crippen molar-refractivity contribution in [2.75, 3.05) is 67.8 Å². The normalized spacial score (nSPS) is 16.6. The number of morpholine rings is 2. The van der Waals surface area contributed by atoms with Crippen molar-refractivity contribution in [3.05, 3.63) is 65.7 Å². The number of aryl methyl sites for hydroxylation is 1. The number of rotatable bonds is 8. The summed E-state index contributed by atoms with van der Waals surface area (Å²) in [6, 6.07) is 15.0. The van der Waals surface area contributed by atoms with Crippen LogP contribution in [0, 0.1) is 6.92 Å². The molecule has 200 valence electrons. The first-order valence-electron chi connectivity index (χ1n) is 12.4. The molecule has 38 heavy (non-hydrogen) atoms. The zero-order chi connectivity index (χ0) is 26.4. The highest BCUT2D eigenvalue weighted by Gasteiger charge is 2.20. The van der Waals surface area contributed by atoms with Crippen LogP contribution >= 0.6 is 0 Å². The summed E-state index contributed by atoms with van der Waals surface area (Å²) in [5, 5.41) is 4.33. The molecule has 11 nitrogen and oxygen atoms in total. The average molecular weight is 539 g/mol. The standard InChI is InChI=1S/C26H30N6O5S/c1-20-2-8-23(9-3-20)38(33,34)37-22-6-4-21(5-7-22)19-27-30-24-18-25(31-10-14-35-15-11-31)29-26(28-24)32-12-16-36-17-13-32/h2-9,18-19H,10-17H2,1H3,(H,28,29,30)/b27-19-. The van der Waals surface area contributed by atoms with Gasteiger partial charge in [0.05, 0.1) is 32.6 Å². The molecule has 0 atom stereocenters. The third-order valence-corrected chi connectivity index (χ3v) is 7.38. The maximum atomic E-state index is 12.5. The third kappa shape index (κ3) is 6.57. The van der Waals surface area contributed by atoms with E-state index >= 15 is 0 Å². The molecule has 3 heterocycles. The Morgan fingerprint density at radius 1 is 0.895 bits per heavy atom. The average Bonchev–Trinajstić information content (AvgIpc) is 2.95. The number of hydrogen-bond acceptors (Lipinski definition) is 11. The number of ether oxygens (including phenoxy) is 2. The van der Waals surface area contributed by atoms with Crippen LogP contribution < -0.4 is 19.4 Å². The van der Waals surface area contributed by atoms with Crippen LogP contribution in [-0.4, -0.2) is 77.2 Å². The molecular formula is C26H30N6O5S. The van der Waals surface area contributed by atoms with Crippen LogP contribution in [0.15, 0.2) is 64.6 Å². The van der Waals surface area contributed by atoms with Crippen LogP contribution in [0.5, 0.6) is 5.75 Å². The SMILES string of the molecule is Cc1ccc(S(=O)(=O)Oc2ccc(/C=N\Nc3cc(N4CCOCC4)nc(N4CCOCC4)n3)cc2)cc1. The first-order chi connectivity index (χ1) is 18.5. The lowest BCUT2D eigenvalue weighted by Gasteiger charge is -2.31. The summed E-state index contributed by atoms with van der Waals surface area (Å²) in [5.41, 5.74) is 4.73. The quantitative estimate of drug-likeness (QED) is 0.260. The van der Waals surface area contributed by atoms with Crippen molar-refractivity contribution in [2.24, 2.45) is 5.10 Å².